The lowest BCUT2D eigenvalue weighted by Gasteiger charge is -2.43. The van der Waals surface area contributed by atoms with Gasteiger partial charge < -0.3 is 15.5 Å². The molecule has 0 spiro atoms. The standard InChI is InChI=1S/C10H20N2O3/c1-10(2,3)12(9(14)15)7-6-11-5-4-8(7)13/h7-8,11,13H,4-6H2,1-3H3,(H,14,15). The largest absolute Gasteiger partial charge is 0.465 e. The maximum atomic E-state index is 11.2. The lowest BCUT2D eigenvalue weighted by molar-refractivity contribution is -0.00581. The second kappa shape index (κ2) is 4.37. The minimum Gasteiger partial charge on any atom is -0.465 e. The average molecular weight is 216 g/mol. The van der Waals surface area contributed by atoms with Crippen molar-refractivity contribution in [2.45, 2.75) is 44.9 Å². The molecule has 1 aliphatic rings. The van der Waals surface area contributed by atoms with E-state index < -0.39 is 17.7 Å². The smallest absolute Gasteiger partial charge is 0.408 e. The fraction of sp³-hybridized carbons (Fsp3) is 0.900. The number of hydrogen-bond acceptors (Lipinski definition) is 3. The molecule has 1 rings (SSSR count). The summed E-state index contributed by atoms with van der Waals surface area (Å²) in [5, 5.41) is 22.1. The van der Waals surface area contributed by atoms with Crippen LogP contribution in [-0.2, 0) is 0 Å². The summed E-state index contributed by atoms with van der Waals surface area (Å²) < 4.78 is 0. The van der Waals surface area contributed by atoms with Crippen molar-refractivity contribution in [2.24, 2.45) is 0 Å². The van der Waals surface area contributed by atoms with Gasteiger partial charge in [-0.1, -0.05) is 0 Å². The van der Waals surface area contributed by atoms with E-state index in [4.69, 9.17) is 5.11 Å². The number of carbonyl (C=O) groups is 1. The van der Waals surface area contributed by atoms with Crippen molar-refractivity contribution in [3.8, 4) is 0 Å². The third kappa shape index (κ3) is 2.82. The van der Waals surface area contributed by atoms with E-state index in [1.165, 1.54) is 4.90 Å². The maximum Gasteiger partial charge on any atom is 0.408 e. The molecule has 5 heteroatoms. The molecule has 0 saturated carbocycles. The summed E-state index contributed by atoms with van der Waals surface area (Å²) in [6.07, 6.45) is -0.943. The van der Waals surface area contributed by atoms with Gasteiger partial charge in [0.15, 0.2) is 0 Å². The van der Waals surface area contributed by atoms with E-state index in [9.17, 15) is 9.90 Å². The minimum atomic E-state index is -0.977. The molecule has 2 atom stereocenters. The van der Waals surface area contributed by atoms with E-state index in [1.54, 1.807) is 0 Å². The van der Waals surface area contributed by atoms with Crippen LogP contribution in [0, 0.1) is 0 Å². The zero-order valence-electron chi connectivity index (χ0n) is 9.53. The van der Waals surface area contributed by atoms with Crippen LogP contribution < -0.4 is 5.32 Å². The Morgan fingerprint density at radius 1 is 1.47 bits per heavy atom. The van der Waals surface area contributed by atoms with Gasteiger partial charge in [0.05, 0.1) is 12.1 Å². The Morgan fingerprint density at radius 2 is 2.07 bits per heavy atom. The Kier molecular flexibility index (Phi) is 3.57. The molecular formula is C10H20N2O3. The van der Waals surface area contributed by atoms with Crippen LogP contribution in [0.2, 0.25) is 0 Å². The summed E-state index contributed by atoms with van der Waals surface area (Å²) in [7, 11) is 0. The van der Waals surface area contributed by atoms with Gasteiger partial charge in [-0.3, -0.25) is 4.90 Å². The van der Waals surface area contributed by atoms with Gasteiger partial charge in [-0.05, 0) is 33.7 Å². The molecule has 1 saturated heterocycles. The third-order valence-corrected chi connectivity index (χ3v) is 2.67. The van der Waals surface area contributed by atoms with Crippen LogP contribution in [-0.4, -0.2) is 52.0 Å². The number of nitrogens with zero attached hydrogens (tertiary/aromatic N) is 1. The number of aliphatic hydroxyl groups excluding tert-OH is 1. The SMILES string of the molecule is CC(C)(C)N(C(=O)O)C1CNCCC1O. The van der Waals surface area contributed by atoms with Gasteiger partial charge in [0, 0.05) is 12.1 Å². The predicted octanol–water partition coefficient (Wildman–Crippen LogP) is 0.488. The fourth-order valence-electron chi connectivity index (χ4n) is 2.02. The van der Waals surface area contributed by atoms with Crippen LogP contribution in [0.15, 0.2) is 0 Å². The van der Waals surface area contributed by atoms with Crippen LogP contribution in [0.25, 0.3) is 0 Å². The van der Waals surface area contributed by atoms with E-state index in [0.29, 0.717) is 13.0 Å². The molecule has 1 aliphatic heterocycles. The predicted molar refractivity (Wildman–Crippen MR) is 56.9 cm³/mol. The summed E-state index contributed by atoms with van der Waals surface area (Å²) in [5.41, 5.74) is -0.490. The van der Waals surface area contributed by atoms with Crippen molar-refractivity contribution in [1.29, 1.82) is 0 Å². The summed E-state index contributed by atoms with van der Waals surface area (Å²) >= 11 is 0. The van der Waals surface area contributed by atoms with Gasteiger partial charge in [-0.25, -0.2) is 4.79 Å². The first-order valence-corrected chi connectivity index (χ1v) is 5.25. The first-order chi connectivity index (χ1) is 6.84. The van der Waals surface area contributed by atoms with Crippen molar-refractivity contribution in [3.05, 3.63) is 0 Å². The van der Waals surface area contributed by atoms with Crippen LogP contribution in [0.4, 0.5) is 4.79 Å². The number of piperidine rings is 1. The van der Waals surface area contributed by atoms with Crippen molar-refractivity contribution >= 4 is 6.09 Å². The third-order valence-electron chi connectivity index (χ3n) is 2.67. The highest BCUT2D eigenvalue weighted by molar-refractivity contribution is 5.66. The molecule has 15 heavy (non-hydrogen) atoms. The molecule has 3 N–H and O–H groups in total. The summed E-state index contributed by atoms with van der Waals surface area (Å²) in [6, 6.07) is -0.351. The fourth-order valence-corrected chi connectivity index (χ4v) is 2.02. The summed E-state index contributed by atoms with van der Waals surface area (Å²) in [6.45, 7) is 6.77. The molecule has 5 nitrogen and oxygen atoms in total. The molecule has 0 aromatic carbocycles. The Labute approximate surface area is 90.1 Å². The second-order valence-electron chi connectivity index (χ2n) is 4.95. The van der Waals surface area contributed by atoms with Crippen LogP contribution in [0.3, 0.4) is 0 Å². The van der Waals surface area contributed by atoms with E-state index in [0.717, 1.165) is 6.54 Å². The molecule has 0 aromatic heterocycles. The van der Waals surface area contributed by atoms with Gasteiger partial charge in [0.2, 0.25) is 0 Å². The topological polar surface area (TPSA) is 72.8 Å². The highest BCUT2D eigenvalue weighted by Gasteiger charge is 2.38. The normalized spacial score (nSPS) is 27.5. The number of aliphatic hydroxyl groups is 1. The number of amides is 1. The lowest BCUT2D eigenvalue weighted by atomic mass is 9.96. The molecule has 1 heterocycles. The molecule has 88 valence electrons. The first-order valence-electron chi connectivity index (χ1n) is 5.25. The second-order valence-corrected chi connectivity index (χ2v) is 4.95. The van der Waals surface area contributed by atoms with Crippen molar-refractivity contribution in [3.63, 3.8) is 0 Å². The molecule has 0 aromatic rings. The number of rotatable bonds is 1. The quantitative estimate of drug-likeness (QED) is 0.596. The van der Waals surface area contributed by atoms with Crippen LogP contribution in [0.5, 0.6) is 0 Å². The average Bonchev–Trinajstić information content (AvgIpc) is 2.05. The van der Waals surface area contributed by atoms with E-state index in [1.807, 2.05) is 20.8 Å². The molecular weight excluding hydrogens is 196 g/mol. The van der Waals surface area contributed by atoms with E-state index >= 15 is 0 Å². The molecule has 1 amide bonds. The monoisotopic (exact) mass is 216 g/mol. The molecule has 1 fully saturated rings. The molecule has 0 aliphatic carbocycles. The van der Waals surface area contributed by atoms with Gasteiger partial charge in [-0.2, -0.15) is 0 Å². The van der Waals surface area contributed by atoms with Gasteiger partial charge in [-0.15, -0.1) is 0 Å². The number of nitrogens with one attached hydrogen (secondary N) is 1. The summed E-state index contributed by atoms with van der Waals surface area (Å²) in [4.78, 5) is 12.5. The zero-order valence-corrected chi connectivity index (χ0v) is 9.53. The van der Waals surface area contributed by atoms with E-state index in [2.05, 4.69) is 5.32 Å². The van der Waals surface area contributed by atoms with Gasteiger partial charge in [0.1, 0.15) is 0 Å². The van der Waals surface area contributed by atoms with E-state index in [-0.39, 0.29) is 6.04 Å². The highest BCUT2D eigenvalue weighted by atomic mass is 16.4. The zero-order chi connectivity index (χ0) is 11.6. The molecule has 2 unspecified atom stereocenters. The van der Waals surface area contributed by atoms with Crippen molar-refractivity contribution < 1.29 is 15.0 Å². The number of carboxylic acid groups (broad SMARTS) is 1. The minimum absolute atomic E-state index is 0.351. The Morgan fingerprint density at radius 3 is 2.47 bits per heavy atom. The Balaban J connectivity index is 2.83. The van der Waals surface area contributed by atoms with Gasteiger partial charge in [0.25, 0.3) is 0 Å². The highest BCUT2D eigenvalue weighted by Crippen LogP contribution is 2.21. The van der Waals surface area contributed by atoms with Crippen LogP contribution in [0.1, 0.15) is 27.2 Å². The van der Waals surface area contributed by atoms with Crippen molar-refractivity contribution in [2.75, 3.05) is 13.1 Å². The first kappa shape index (κ1) is 12.3. The van der Waals surface area contributed by atoms with Crippen molar-refractivity contribution in [1.82, 2.24) is 10.2 Å². The lowest BCUT2D eigenvalue weighted by Crippen LogP contribution is -2.61. The molecule has 0 radical (unpaired) electrons. The van der Waals surface area contributed by atoms with Crippen LogP contribution >= 0.6 is 0 Å². The Bertz CT molecular complexity index is 237. The Hall–Kier alpha value is -0.810. The number of hydrogen-bond donors (Lipinski definition) is 3. The summed E-state index contributed by atoms with van der Waals surface area (Å²) in [5.74, 6) is 0. The van der Waals surface area contributed by atoms with Gasteiger partial charge >= 0.3 is 6.09 Å². The maximum absolute atomic E-state index is 11.2. The molecule has 0 bridgehead atoms.